The second-order valence-electron chi connectivity index (χ2n) is 4.90. The Morgan fingerprint density at radius 3 is 2.81 bits per heavy atom. The van der Waals surface area contributed by atoms with Gasteiger partial charge in [0.1, 0.15) is 0 Å². The summed E-state index contributed by atoms with van der Waals surface area (Å²) in [6.45, 7) is 1.89. The molecule has 21 heavy (non-hydrogen) atoms. The Morgan fingerprint density at radius 2 is 2.05 bits per heavy atom. The van der Waals surface area contributed by atoms with Crippen molar-refractivity contribution in [1.82, 2.24) is 15.6 Å². The zero-order chi connectivity index (χ0) is 13.1. The lowest BCUT2D eigenvalue weighted by atomic mass is 10.1. The molecule has 0 aliphatic carbocycles. The van der Waals surface area contributed by atoms with Gasteiger partial charge in [0.15, 0.2) is 0 Å². The van der Waals surface area contributed by atoms with Gasteiger partial charge in [-0.25, -0.2) is 0 Å². The predicted molar refractivity (Wildman–Crippen MR) is 89.6 cm³/mol. The second kappa shape index (κ2) is 8.17. The average Bonchev–Trinajstić information content (AvgIpc) is 2.47. The minimum atomic E-state index is -0.0296. The highest BCUT2D eigenvalue weighted by Crippen LogP contribution is 2.16. The molecule has 4 nitrogen and oxygen atoms in total. The highest BCUT2D eigenvalue weighted by Gasteiger charge is 2.17. The van der Waals surface area contributed by atoms with Crippen molar-refractivity contribution >= 4 is 41.6 Å². The molecular formula is C15H19Cl2N3O. The Morgan fingerprint density at radius 1 is 1.24 bits per heavy atom. The van der Waals surface area contributed by atoms with Gasteiger partial charge in [0.2, 0.25) is 0 Å². The molecule has 1 aliphatic heterocycles. The average molecular weight is 328 g/mol. The van der Waals surface area contributed by atoms with Crippen molar-refractivity contribution in [2.45, 2.75) is 18.9 Å². The summed E-state index contributed by atoms with van der Waals surface area (Å²) in [6.07, 6.45) is 3.87. The number of nitrogens with one attached hydrogen (secondary N) is 2. The number of hydrogen-bond acceptors (Lipinski definition) is 3. The predicted octanol–water partition coefficient (Wildman–Crippen LogP) is 2.56. The number of carbonyl (C=O) groups excluding carboxylic acids is 1. The fourth-order valence-electron chi connectivity index (χ4n) is 2.53. The van der Waals surface area contributed by atoms with Crippen LogP contribution in [0.25, 0.3) is 10.9 Å². The maximum atomic E-state index is 12.3. The van der Waals surface area contributed by atoms with Crippen LogP contribution >= 0.6 is 24.8 Å². The van der Waals surface area contributed by atoms with Crippen LogP contribution in [-0.4, -0.2) is 30.0 Å². The molecule has 0 saturated carbocycles. The van der Waals surface area contributed by atoms with Crippen LogP contribution in [0.5, 0.6) is 0 Å². The van der Waals surface area contributed by atoms with E-state index >= 15 is 0 Å². The number of carbonyl (C=O) groups is 1. The molecule has 3 rings (SSSR count). The first kappa shape index (κ1) is 17.7. The summed E-state index contributed by atoms with van der Waals surface area (Å²) in [5.74, 6) is -0.0296. The normalized spacial score (nSPS) is 17.4. The topological polar surface area (TPSA) is 54.0 Å². The van der Waals surface area contributed by atoms with Gasteiger partial charge < -0.3 is 10.6 Å². The van der Waals surface area contributed by atoms with Crippen molar-refractivity contribution < 1.29 is 4.79 Å². The Balaban J connectivity index is 0.00000110. The third-order valence-corrected chi connectivity index (χ3v) is 3.51. The summed E-state index contributed by atoms with van der Waals surface area (Å²) < 4.78 is 0. The van der Waals surface area contributed by atoms with Crippen LogP contribution < -0.4 is 10.6 Å². The van der Waals surface area contributed by atoms with Crippen LogP contribution in [0.4, 0.5) is 0 Å². The Kier molecular flexibility index (Phi) is 6.89. The number of benzene rings is 1. The Labute approximate surface area is 136 Å². The van der Waals surface area contributed by atoms with E-state index in [9.17, 15) is 4.79 Å². The molecule has 1 unspecified atom stereocenters. The number of rotatable bonds is 2. The molecule has 2 N–H and O–H groups in total. The third kappa shape index (κ3) is 4.06. The highest BCUT2D eigenvalue weighted by molar-refractivity contribution is 6.05. The fraction of sp³-hybridized carbons (Fsp3) is 0.333. The molecule has 0 spiro atoms. The number of hydrogen-bond donors (Lipinski definition) is 2. The summed E-state index contributed by atoms with van der Waals surface area (Å²) >= 11 is 0. The number of pyridine rings is 1. The largest absolute Gasteiger partial charge is 0.348 e. The van der Waals surface area contributed by atoms with Gasteiger partial charge in [0.05, 0.1) is 11.1 Å². The molecule has 0 radical (unpaired) electrons. The van der Waals surface area contributed by atoms with Crippen LogP contribution in [0, 0.1) is 0 Å². The zero-order valence-electron chi connectivity index (χ0n) is 11.5. The van der Waals surface area contributed by atoms with E-state index in [0.29, 0.717) is 5.56 Å². The molecule has 1 atom stereocenters. The lowest BCUT2D eigenvalue weighted by Gasteiger charge is -2.23. The highest BCUT2D eigenvalue weighted by atomic mass is 35.5. The van der Waals surface area contributed by atoms with E-state index in [1.807, 2.05) is 30.3 Å². The fourth-order valence-corrected chi connectivity index (χ4v) is 2.53. The number of fused-ring (bicyclic) bond motifs is 1. The monoisotopic (exact) mass is 327 g/mol. The third-order valence-electron chi connectivity index (χ3n) is 3.51. The number of piperidine rings is 1. The van der Waals surface area contributed by atoms with Crippen LogP contribution in [0.2, 0.25) is 0 Å². The summed E-state index contributed by atoms with van der Waals surface area (Å²) in [5, 5.41) is 7.38. The van der Waals surface area contributed by atoms with Crippen molar-refractivity contribution in [2.24, 2.45) is 0 Å². The molecule has 1 aromatic heterocycles. The standard InChI is InChI=1S/C15H17N3O.2ClH/c19-15(18-12-6-3-8-16-10-12)13-7-1-4-11-5-2-9-17-14(11)13;;/h1-2,4-5,7,9,12,16H,3,6,8,10H2,(H,18,19);2*1H. The Hall–Kier alpha value is -1.36. The number of nitrogens with zero attached hydrogens (tertiary/aromatic N) is 1. The van der Waals surface area contributed by atoms with Crippen molar-refractivity contribution in [3.8, 4) is 0 Å². The van der Waals surface area contributed by atoms with Gasteiger partial charge in [-0.1, -0.05) is 18.2 Å². The lowest BCUT2D eigenvalue weighted by Crippen LogP contribution is -2.45. The molecule has 2 aromatic rings. The van der Waals surface area contributed by atoms with Crippen LogP contribution in [-0.2, 0) is 0 Å². The van der Waals surface area contributed by atoms with Gasteiger partial charge in [0.25, 0.3) is 5.91 Å². The number of halogens is 2. The summed E-state index contributed by atoms with van der Waals surface area (Å²) in [5.41, 5.74) is 1.43. The van der Waals surface area contributed by atoms with Crippen LogP contribution in [0.1, 0.15) is 23.2 Å². The molecule has 0 bridgehead atoms. The smallest absolute Gasteiger partial charge is 0.253 e. The van der Waals surface area contributed by atoms with Gasteiger partial charge in [-0.15, -0.1) is 24.8 Å². The van der Waals surface area contributed by atoms with Crippen molar-refractivity contribution in [1.29, 1.82) is 0 Å². The van der Waals surface area contributed by atoms with Gasteiger partial charge in [-0.3, -0.25) is 9.78 Å². The number of aromatic nitrogens is 1. The first-order valence-corrected chi connectivity index (χ1v) is 6.70. The van der Waals surface area contributed by atoms with Crippen LogP contribution in [0.3, 0.4) is 0 Å². The number of amides is 1. The number of para-hydroxylation sites is 1. The minimum absolute atomic E-state index is 0. The molecule has 1 aliphatic rings. The summed E-state index contributed by atoms with van der Waals surface area (Å²) in [4.78, 5) is 16.7. The van der Waals surface area contributed by atoms with Gasteiger partial charge in [0, 0.05) is 24.2 Å². The molecule has 1 aromatic carbocycles. The van der Waals surface area contributed by atoms with E-state index in [-0.39, 0.29) is 36.8 Å². The molecule has 1 amide bonds. The van der Waals surface area contributed by atoms with Crippen molar-refractivity contribution in [3.05, 3.63) is 42.1 Å². The quantitative estimate of drug-likeness (QED) is 0.891. The first-order valence-electron chi connectivity index (χ1n) is 6.70. The van der Waals surface area contributed by atoms with E-state index < -0.39 is 0 Å². The molecule has 1 saturated heterocycles. The maximum absolute atomic E-state index is 12.3. The Bertz CT molecular complexity index is 595. The lowest BCUT2D eigenvalue weighted by molar-refractivity contribution is 0.0932. The minimum Gasteiger partial charge on any atom is -0.348 e. The van der Waals surface area contributed by atoms with E-state index in [2.05, 4.69) is 15.6 Å². The molecular weight excluding hydrogens is 309 g/mol. The SMILES string of the molecule is Cl.Cl.O=C(NC1CCCNC1)c1cccc2cccnc12. The van der Waals surface area contributed by atoms with Gasteiger partial charge in [-0.05, 0) is 31.5 Å². The van der Waals surface area contributed by atoms with E-state index in [0.717, 1.165) is 36.8 Å². The van der Waals surface area contributed by atoms with E-state index in [4.69, 9.17) is 0 Å². The van der Waals surface area contributed by atoms with Gasteiger partial charge >= 0.3 is 0 Å². The second-order valence-corrected chi connectivity index (χ2v) is 4.90. The van der Waals surface area contributed by atoms with Gasteiger partial charge in [-0.2, -0.15) is 0 Å². The van der Waals surface area contributed by atoms with E-state index in [1.165, 1.54) is 0 Å². The molecule has 114 valence electrons. The molecule has 6 heteroatoms. The maximum Gasteiger partial charge on any atom is 0.253 e. The summed E-state index contributed by atoms with van der Waals surface area (Å²) in [7, 11) is 0. The van der Waals surface area contributed by atoms with Crippen molar-refractivity contribution in [3.63, 3.8) is 0 Å². The first-order chi connectivity index (χ1) is 9.34. The van der Waals surface area contributed by atoms with E-state index in [1.54, 1.807) is 6.20 Å². The summed E-state index contributed by atoms with van der Waals surface area (Å²) in [6, 6.07) is 9.79. The van der Waals surface area contributed by atoms with Crippen LogP contribution in [0.15, 0.2) is 36.5 Å². The molecule has 2 heterocycles. The zero-order valence-corrected chi connectivity index (χ0v) is 13.2. The van der Waals surface area contributed by atoms with Crippen molar-refractivity contribution in [2.75, 3.05) is 13.1 Å². The molecule has 1 fully saturated rings.